The summed E-state index contributed by atoms with van der Waals surface area (Å²) in [7, 11) is 1.41. The Hall–Kier alpha value is -2.79. The Morgan fingerprint density at radius 2 is 1.93 bits per heavy atom. The molecule has 2 fully saturated rings. The molecular formula is C25H27NO4. The Morgan fingerprint density at radius 3 is 2.70 bits per heavy atom. The minimum atomic E-state index is -0.319. The van der Waals surface area contributed by atoms with Gasteiger partial charge in [-0.25, -0.2) is 4.79 Å². The van der Waals surface area contributed by atoms with Gasteiger partial charge in [0.15, 0.2) is 0 Å². The van der Waals surface area contributed by atoms with Gasteiger partial charge in [-0.3, -0.25) is 0 Å². The van der Waals surface area contributed by atoms with Gasteiger partial charge in [0.1, 0.15) is 18.5 Å². The first kappa shape index (κ1) is 19.2. The number of H-pyrrole nitrogens is 1. The third-order valence-electron chi connectivity index (χ3n) is 6.26. The number of carbonyl (C=O) groups is 1. The number of hydrogen-bond donors (Lipinski definition) is 1. The fourth-order valence-corrected chi connectivity index (χ4v) is 4.64. The van der Waals surface area contributed by atoms with E-state index in [9.17, 15) is 4.79 Å². The van der Waals surface area contributed by atoms with E-state index >= 15 is 0 Å². The molecular weight excluding hydrogens is 378 g/mol. The molecule has 1 aliphatic heterocycles. The summed E-state index contributed by atoms with van der Waals surface area (Å²) < 4.78 is 16.3. The number of rotatable bonds is 6. The van der Waals surface area contributed by atoms with E-state index in [1.54, 1.807) is 0 Å². The molecule has 30 heavy (non-hydrogen) atoms. The highest BCUT2D eigenvalue weighted by atomic mass is 16.6. The number of nitrogens with one attached hydrogen (secondary N) is 1. The van der Waals surface area contributed by atoms with Gasteiger partial charge in [-0.15, -0.1) is 0 Å². The highest BCUT2D eigenvalue weighted by Gasteiger charge is 2.27. The zero-order valence-corrected chi connectivity index (χ0v) is 17.3. The number of ether oxygens (including phenoxy) is 3. The maximum atomic E-state index is 12.1. The Bertz CT molecular complexity index is 1060. The van der Waals surface area contributed by atoms with Gasteiger partial charge in [-0.1, -0.05) is 37.5 Å². The molecule has 5 heteroatoms. The topological polar surface area (TPSA) is 63.9 Å². The lowest BCUT2D eigenvalue weighted by Gasteiger charge is -2.23. The molecule has 0 bridgehead atoms. The molecule has 2 aromatic carbocycles. The average Bonchev–Trinajstić information content (AvgIpc) is 3.55. The van der Waals surface area contributed by atoms with Gasteiger partial charge < -0.3 is 19.2 Å². The number of hydrogen-bond acceptors (Lipinski definition) is 4. The van der Waals surface area contributed by atoms with Crippen molar-refractivity contribution in [2.24, 2.45) is 0 Å². The number of benzene rings is 2. The summed E-state index contributed by atoms with van der Waals surface area (Å²) in [5, 5.41) is 1.19. The van der Waals surface area contributed by atoms with Gasteiger partial charge >= 0.3 is 5.97 Å². The minimum Gasteiger partial charge on any atom is -0.490 e. The molecule has 1 aromatic heterocycles. The summed E-state index contributed by atoms with van der Waals surface area (Å²) in [6, 6.07) is 14.0. The summed E-state index contributed by atoms with van der Waals surface area (Å²) in [5.41, 5.74) is 5.04. The van der Waals surface area contributed by atoms with Crippen molar-refractivity contribution in [3.05, 3.63) is 53.6 Å². The predicted molar refractivity (Wildman–Crippen MR) is 116 cm³/mol. The number of para-hydroxylation sites is 1. The van der Waals surface area contributed by atoms with E-state index in [2.05, 4.69) is 17.1 Å². The van der Waals surface area contributed by atoms with Crippen molar-refractivity contribution >= 4 is 16.9 Å². The van der Waals surface area contributed by atoms with Crippen LogP contribution in [0.5, 0.6) is 5.75 Å². The van der Waals surface area contributed by atoms with Crippen molar-refractivity contribution in [1.29, 1.82) is 0 Å². The molecule has 2 heterocycles. The molecule has 1 aliphatic carbocycles. The largest absolute Gasteiger partial charge is 0.490 e. The fraction of sp³-hybridized carbons (Fsp3) is 0.400. The van der Waals surface area contributed by atoms with Crippen LogP contribution >= 0.6 is 0 Å². The number of carbonyl (C=O) groups excluding carboxylic acids is 1. The summed E-state index contributed by atoms with van der Waals surface area (Å²) in [6.45, 7) is 1.35. The van der Waals surface area contributed by atoms with E-state index in [-0.39, 0.29) is 12.1 Å². The molecule has 0 radical (unpaired) electrons. The van der Waals surface area contributed by atoms with Crippen LogP contribution in [0, 0.1) is 0 Å². The van der Waals surface area contributed by atoms with Crippen molar-refractivity contribution in [2.75, 3.05) is 20.3 Å². The number of aromatic nitrogens is 1. The number of aromatic amines is 1. The van der Waals surface area contributed by atoms with Crippen LogP contribution < -0.4 is 4.74 Å². The van der Waals surface area contributed by atoms with E-state index in [0.717, 1.165) is 29.1 Å². The average molecular weight is 405 g/mol. The maximum Gasteiger partial charge on any atom is 0.337 e. The van der Waals surface area contributed by atoms with Crippen LogP contribution in [-0.2, 0) is 9.47 Å². The summed E-state index contributed by atoms with van der Waals surface area (Å²) in [5.74, 6) is 1.05. The number of methoxy groups -OCH3 is 1. The molecule has 0 spiro atoms. The van der Waals surface area contributed by atoms with Crippen LogP contribution in [0.15, 0.2) is 42.5 Å². The van der Waals surface area contributed by atoms with Gasteiger partial charge in [0.2, 0.25) is 0 Å². The smallest absolute Gasteiger partial charge is 0.337 e. The molecule has 5 rings (SSSR count). The van der Waals surface area contributed by atoms with Gasteiger partial charge in [0, 0.05) is 16.5 Å². The zero-order chi connectivity index (χ0) is 20.5. The predicted octanol–water partition coefficient (Wildman–Crippen LogP) is 5.45. The van der Waals surface area contributed by atoms with Crippen molar-refractivity contribution in [2.45, 2.75) is 44.1 Å². The van der Waals surface area contributed by atoms with Crippen molar-refractivity contribution in [1.82, 2.24) is 4.98 Å². The lowest BCUT2D eigenvalue weighted by molar-refractivity contribution is 0.0601. The standard InChI is InChI=1S/C25H27NO4/c1-28-25(27)17-11-12-19-21(13-17)26-24(23(19)16-7-3-2-4-8-16)20-9-5-6-10-22(20)30-15-18-14-29-18/h5-6,9-13,16,18,26H,2-4,7-8,14-15H2,1H3/t18-/m1/s1. The quantitative estimate of drug-likeness (QED) is 0.438. The monoisotopic (exact) mass is 405 g/mol. The van der Waals surface area contributed by atoms with Crippen LogP contribution in [0.25, 0.3) is 22.2 Å². The molecule has 1 atom stereocenters. The van der Waals surface area contributed by atoms with Crippen LogP contribution in [0.2, 0.25) is 0 Å². The number of fused-ring (bicyclic) bond motifs is 1. The van der Waals surface area contributed by atoms with Crippen LogP contribution in [0.1, 0.15) is 53.9 Å². The van der Waals surface area contributed by atoms with E-state index in [4.69, 9.17) is 14.2 Å². The van der Waals surface area contributed by atoms with Gasteiger partial charge in [0.05, 0.1) is 25.0 Å². The van der Waals surface area contributed by atoms with Gasteiger partial charge in [0.25, 0.3) is 0 Å². The second-order valence-electron chi connectivity index (χ2n) is 8.26. The van der Waals surface area contributed by atoms with Crippen molar-refractivity contribution < 1.29 is 19.0 Å². The molecule has 5 nitrogen and oxygen atoms in total. The highest BCUT2D eigenvalue weighted by Crippen LogP contribution is 2.44. The molecule has 1 saturated carbocycles. The Balaban J connectivity index is 1.63. The van der Waals surface area contributed by atoms with E-state index < -0.39 is 0 Å². The van der Waals surface area contributed by atoms with Crippen molar-refractivity contribution in [3.63, 3.8) is 0 Å². The van der Waals surface area contributed by atoms with E-state index in [1.165, 1.54) is 50.2 Å². The molecule has 156 valence electrons. The third kappa shape index (κ3) is 3.70. The number of epoxide rings is 1. The Kier molecular flexibility index (Phi) is 5.21. The molecule has 2 aliphatic rings. The van der Waals surface area contributed by atoms with E-state index in [0.29, 0.717) is 18.1 Å². The van der Waals surface area contributed by atoms with E-state index in [1.807, 2.05) is 30.3 Å². The first-order valence-electron chi connectivity index (χ1n) is 10.8. The third-order valence-corrected chi connectivity index (χ3v) is 6.26. The second kappa shape index (κ2) is 8.15. The van der Waals surface area contributed by atoms with Crippen LogP contribution in [0.4, 0.5) is 0 Å². The Morgan fingerprint density at radius 1 is 1.13 bits per heavy atom. The van der Waals surface area contributed by atoms with Gasteiger partial charge in [-0.05, 0) is 48.6 Å². The lowest BCUT2D eigenvalue weighted by Crippen LogP contribution is -2.07. The second-order valence-corrected chi connectivity index (χ2v) is 8.26. The normalized spacial score (nSPS) is 19.0. The molecule has 0 unspecified atom stereocenters. The van der Waals surface area contributed by atoms with Crippen LogP contribution in [-0.4, -0.2) is 37.4 Å². The minimum absolute atomic E-state index is 0.209. The molecule has 0 amide bonds. The fourth-order valence-electron chi connectivity index (χ4n) is 4.64. The summed E-state index contributed by atoms with van der Waals surface area (Å²) in [6.07, 6.45) is 6.42. The molecule has 1 saturated heterocycles. The lowest BCUT2D eigenvalue weighted by atomic mass is 9.81. The SMILES string of the molecule is COC(=O)c1ccc2c(C3CCCCC3)c(-c3ccccc3OC[C@H]3CO3)[nH]c2c1. The molecule has 1 N–H and O–H groups in total. The first-order valence-corrected chi connectivity index (χ1v) is 10.8. The maximum absolute atomic E-state index is 12.1. The number of esters is 1. The highest BCUT2D eigenvalue weighted by molar-refractivity contribution is 5.98. The van der Waals surface area contributed by atoms with Crippen LogP contribution in [0.3, 0.4) is 0 Å². The Labute approximate surface area is 176 Å². The molecule has 3 aromatic rings. The zero-order valence-electron chi connectivity index (χ0n) is 17.3. The first-order chi connectivity index (χ1) is 14.7. The van der Waals surface area contributed by atoms with Crippen molar-refractivity contribution in [3.8, 4) is 17.0 Å². The van der Waals surface area contributed by atoms with Gasteiger partial charge in [-0.2, -0.15) is 0 Å². The summed E-state index contributed by atoms with van der Waals surface area (Å²) in [4.78, 5) is 15.7. The summed E-state index contributed by atoms with van der Waals surface area (Å²) >= 11 is 0.